The molecular weight excluding hydrogens is 371 g/mol. The number of ether oxygens (including phenoxy) is 1. The predicted octanol–water partition coefficient (Wildman–Crippen LogP) is 4.33. The first-order valence-corrected chi connectivity index (χ1v) is 9.87. The fourth-order valence-corrected chi connectivity index (χ4v) is 3.84. The first-order chi connectivity index (χ1) is 14.0. The van der Waals surface area contributed by atoms with Crippen LogP contribution in [0.25, 0.3) is 11.0 Å². The van der Waals surface area contributed by atoms with Crippen LogP contribution >= 0.6 is 0 Å². The zero-order valence-electron chi connectivity index (χ0n) is 16.7. The Morgan fingerprint density at radius 3 is 2.69 bits per heavy atom. The number of likely N-dealkylation sites (tertiary alicyclic amines) is 1. The van der Waals surface area contributed by atoms with E-state index in [-0.39, 0.29) is 17.5 Å². The summed E-state index contributed by atoms with van der Waals surface area (Å²) >= 11 is 0. The van der Waals surface area contributed by atoms with Crippen LogP contribution in [0, 0.1) is 12.7 Å². The molecule has 6 heteroatoms. The smallest absolute Gasteiger partial charge is 0.338 e. The highest BCUT2D eigenvalue weighted by Gasteiger charge is 2.20. The molecule has 1 aromatic heterocycles. The molecule has 0 aliphatic carbocycles. The lowest BCUT2D eigenvalue weighted by atomic mass is 10.0. The van der Waals surface area contributed by atoms with Crippen molar-refractivity contribution in [1.29, 1.82) is 0 Å². The minimum atomic E-state index is -0.371. The molecular formula is C23H25FN2O3. The molecule has 0 bridgehead atoms. The molecule has 0 atom stereocenters. The van der Waals surface area contributed by atoms with Crippen LogP contribution in [0.1, 0.15) is 24.0 Å². The van der Waals surface area contributed by atoms with Crippen LogP contribution in [0.15, 0.2) is 51.7 Å². The van der Waals surface area contributed by atoms with Crippen molar-refractivity contribution >= 4 is 16.7 Å². The van der Waals surface area contributed by atoms with Crippen LogP contribution in [0.3, 0.4) is 0 Å². The summed E-state index contributed by atoms with van der Waals surface area (Å²) in [6, 6.07) is 12.6. The number of aryl methyl sites for hydroxylation is 1. The Bertz CT molecular complexity index is 1070. The zero-order valence-corrected chi connectivity index (χ0v) is 16.7. The Kier molecular flexibility index (Phi) is 5.53. The number of rotatable bonds is 5. The summed E-state index contributed by atoms with van der Waals surface area (Å²) < 4.78 is 24.4. The van der Waals surface area contributed by atoms with Gasteiger partial charge >= 0.3 is 5.63 Å². The molecule has 152 valence electrons. The van der Waals surface area contributed by atoms with Crippen LogP contribution < -0.4 is 15.7 Å². The maximum atomic E-state index is 13.8. The molecule has 4 rings (SSSR count). The Hall–Kier alpha value is -2.86. The summed E-state index contributed by atoms with van der Waals surface area (Å²) in [5.74, 6) is 0.568. The number of anilines is 1. The molecule has 1 aliphatic rings. The lowest BCUT2D eigenvalue weighted by molar-refractivity contribution is 0.211. The van der Waals surface area contributed by atoms with Gasteiger partial charge in [0.1, 0.15) is 17.1 Å². The molecule has 0 saturated carbocycles. The number of nitrogens with one attached hydrogen (secondary N) is 1. The molecule has 1 saturated heterocycles. The van der Waals surface area contributed by atoms with Gasteiger partial charge in [-0.3, -0.25) is 4.90 Å². The van der Waals surface area contributed by atoms with Gasteiger partial charge in [-0.05, 0) is 55.2 Å². The number of fused-ring (bicyclic) bond motifs is 1. The number of hydrogen-bond donors (Lipinski definition) is 1. The Balaban J connectivity index is 1.43. The zero-order chi connectivity index (χ0) is 20.4. The first kappa shape index (κ1) is 19.5. The number of hydrogen-bond acceptors (Lipinski definition) is 5. The van der Waals surface area contributed by atoms with Crippen LogP contribution in [0.5, 0.6) is 5.75 Å². The predicted molar refractivity (Wildman–Crippen MR) is 112 cm³/mol. The highest BCUT2D eigenvalue weighted by atomic mass is 19.1. The minimum Gasteiger partial charge on any atom is -0.497 e. The average Bonchev–Trinajstić information content (AvgIpc) is 2.72. The van der Waals surface area contributed by atoms with Gasteiger partial charge in [-0.15, -0.1) is 0 Å². The minimum absolute atomic E-state index is 0.149. The number of piperidine rings is 1. The third-order valence-corrected chi connectivity index (χ3v) is 5.54. The fraction of sp³-hybridized carbons (Fsp3) is 0.348. The van der Waals surface area contributed by atoms with Crippen LogP contribution in [-0.4, -0.2) is 31.1 Å². The first-order valence-electron chi connectivity index (χ1n) is 9.87. The van der Waals surface area contributed by atoms with Gasteiger partial charge in [0.25, 0.3) is 0 Å². The van der Waals surface area contributed by atoms with E-state index < -0.39 is 0 Å². The summed E-state index contributed by atoms with van der Waals surface area (Å²) in [5, 5.41) is 4.35. The third kappa shape index (κ3) is 4.43. The van der Waals surface area contributed by atoms with E-state index in [1.54, 1.807) is 32.2 Å². The van der Waals surface area contributed by atoms with Gasteiger partial charge in [0.05, 0.1) is 12.8 Å². The third-order valence-electron chi connectivity index (χ3n) is 5.54. The molecule has 1 aliphatic heterocycles. The van der Waals surface area contributed by atoms with Gasteiger partial charge in [-0.1, -0.05) is 12.1 Å². The van der Waals surface area contributed by atoms with Gasteiger partial charge < -0.3 is 14.5 Å². The van der Waals surface area contributed by atoms with Crippen LogP contribution in [0.4, 0.5) is 10.1 Å². The van der Waals surface area contributed by atoms with Crippen molar-refractivity contribution in [2.75, 3.05) is 25.5 Å². The summed E-state index contributed by atoms with van der Waals surface area (Å²) in [4.78, 5) is 14.3. The number of nitrogens with zero attached hydrogens (tertiary/aromatic N) is 1. The molecule has 3 aromatic rings. The second kappa shape index (κ2) is 8.25. The average molecular weight is 396 g/mol. The van der Waals surface area contributed by atoms with Gasteiger partial charge in [-0.25, -0.2) is 9.18 Å². The SMILES string of the molecule is COc1ccc2oc(=O)cc(NC3CCN(Cc4ccc(C)c(F)c4)CC3)c2c1. The number of benzene rings is 2. The molecule has 5 nitrogen and oxygen atoms in total. The second-order valence-electron chi connectivity index (χ2n) is 7.62. The fourth-order valence-electron chi connectivity index (χ4n) is 3.84. The molecule has 1 N–H and O–H groups in total. The van der Waals surface area contributed by atoms with Crippen molar-refractivity contribution in [3.05, 3.63) is 69.8 Å². The maximum absolute atomic E-state index is 13.8. The molecule has 0 spiro atoms. The van der Waals surface area contributed by atoms with Crippen molar-refractivity contribution in [3.8, 4) is 5.75 Å². The molecule has 2 heterocycles. The summed E-state index contributed by atoms with van der Waals surface area (Å²) in [7, 11) is 1.61. The van der Waals surface area contributed by atoms with Gasteiger partial charge in [0.15, 0.2) is 0 Å². The van der Waals surface area contributed by atoms with Crippen molar-refractivity contribution in [2.45, 2.75) is 32.4 Å². The summed E-state index contributed by atoms with van der Waals surface area (Å²) in [6.07, 6.45) is 1.89. The molecule has 1 fully saturated rings. The molecule has 29 heavy (non-hydrogen) atoms. The van der Waals surface area contributed by atoms with E-state index in [0.717, 1.165) is 54.9 Å². The molecule has 0 radical (unpaired) electrons. The molecule has 2 aromatic carbocycles. The number of methoxy groups -OCH3 is 1. The lowest BCUT2D eigenvalue weighted by Gasteiger charge is -2.33. The van der Waals surface area contributed by atoms with Gasteiger partial charge in [0, 0.05) is 37.1 Å². The van der Waals surface area contributed by atoms with E-state index in [1.165, 1.54) is 6.07 Å². The van der Waals surface area contributed by atoms with E-state index in [9.17, 15) is 9.18 Å². The quantitative estimate of drug-likeness (QED) is 0.651. The van der Waals surface area contributed by atoms with Crippen molar-refractivity contribution in [3.63, 3.8) is 0 Å². The van der Waals surface area contributed by atoms with Crippen LogP contribution in [0.2, 0.25) is 0 Å². The molecule has 0 unspecified atom stereocenters. The van der Waals surface area contributed by atoms with Gasteiger partial charge in [-0.2, -0.15) is 0 Å². The lowest BCUT2D eigenvalue weighted by Crippen LogP contribution is -2.38. The highest BCUT2D eigenvalue weighted by Crippen LogP contribution is 2.28. The van der Waals surface area contributed by atoms with E-state index in [4.69, 9.17) is 9.15 Å². The van der Waals surface area contributed by atoms with Crippen molar-refractivity contribution < 1.29 is 13.5 Å². The number of halogens is 1. The van der Waals surface area contributed by atoms with E-state index >= 15 is 0 Å². The van der Waals surface area contributed by atoms with Gasteiger partial charge in [0.2, 0.25) is 0 Å². The Morgan fingerprint density at radius 2 is 1.97 bits per heavy atom. The standard InChI is InChI=1S/C23H25FN2O3/c1-15-3-4-16(11-20(15)24)14-26-9-7-17(8-10-26)25-21-13-23(27)29-22-6-5-18(28-2)12-19(21)22/h3-6,11-13,17,25H,7-10,14H2,1-2H3. The normalized spacial score (nSPS) is 15.6. The van der Waals surface area contributed by atoms with E-state index in [1.807, 2.05) is 18.2 Å². The monoisotopic (exact) mass is 396 g/mol. The van der Waals surface area contributed by atoms with Crippen molar-refractivity contribution in [1.82, 2.24) is 4.90 Å². The van der Waals surface area contributed by atoms with E-state index in [2.05, 4.69) is 10.2 Å². The molecule has 0 amide bonds. The van der Waals surface area contributed by atoms with Crippen molar-refractivity contribution in [2.24, 2.45) is 0 Å². The largest absolute Gasteiger partial charge is 0.497 e. The Morgan fingerprint density at radius 1 is 1.17 bits per heavy atom. The summed E-state index contributed by atoms with van der Waals surface area (Å²) in [5.41, 5.74) is 2.61. The van der Waals surface area contributed by atoms with Crippen LogP contribution in [-0.2, 0) is 6.54 Å². The Labute approximate surface area is 169 Å². The summed E-state index contributed by atoms with van der Waals surface area (Å²) in [6.45, 7) is 4.35. The second-order valence-corrected chi connectivity index (χ2v) is 7.62. The topological polar surface area (TPSA) is 54.7 Å². The maximum Gasteiger partial charge on any atom is 0.338 e. The highest BCUT2D eigenvalue weighted by molar-refractivity contribution is 5.90. The van der Waals surface area contributed by atoms with E-state index in [0.29, 0.717) is 11.1 Å².